The zero-order valence-corrected chi connectivity index (χ0v) is 19.6. The van der Waals surface area contributed by atoms with Crippen LogP contribution in [0.3, 0.4) is 0 Å². The van der Waals surface area contributed by atoms with Crippen molar-refractivity contribution in [2.75, 3.05) is 11.5 Å². The fraction of sp³-hybridized carbons (Fsp3) is 0.857. The second kappa shape index (κ2) is 6.40. The molecule has 146 valence electrons. The molecule has 3 aliphatic carbocycles. The maximum Gasteiger partial charge on any atom is 0.192 e. The largest absolute Gasteiger partial charge is 0.413 e. The summed E-state index contributed by atoms with van der Waals surface area (Å²) in [5.74, 6) is 4.07. The number of fused-ring (bicyclic) bond motifs is 1. The van der Waals surface area contributed by atoms with Crippen LogP contribution in [0.2, 0.25) is 18.1 Å². The van der Waals surface area contributed by atoms with E-state index in [1.165, 1.54) is 37.2 Å². The monoisotopic (exact) mass is 410 g/mol. The Hall–Kier alpha value is 0.287. The Kier molecular flexibility index (Phi) is 4.82. The number of rotatable bonds is 2. The van der Waals surface area contributed by atoms with Crippen LogP contribution in [0.1, 0.15) is 52.9 Å². The summed E-state index contributed by atoms with van der Waals surface area (Å²) in [5, 5.41) is 0.232. The van der Waals surface area contributed by atoms with E-state index in [4.69, 9.17) is 4.43 Å². The number of carbonyl (C=O) groups excluding carboxylic acids is 1. The van der Waals surface area contributed by atoms with Crippen molar-refractivity contribution >= 4 is 37.6 Å². The fourth-order valence-corrected chi connectivity index (χ4v) is 11.0. The van der Waals surface area contributed by atoms with Crippen molar-refractivity contribution in [1.82, 2.24) is 0 Å². The van der Waals surface area contributed by atoms with Crippen LogP contribution in [0.5, 0.6) is 0 Å². The highest BCUT2D eigenvalue weighted by Crippen LogP contribution is 2.72. The third-order valence-corrected chi connectivity index (χ3v) is 15.9. The van der Waals surface area contributed by atoms with Gasteiger partial charge in [0.1, 0.15) is 0 Å². The molecule has 26 heavy (non-hydrogen) atoms. The molecule has 0 amide bonds. The number of hydrogen-bond donors (Lipinski definition) is 0. The maximum atomic E-state index is 12.3. The van der Waals surface area contributed by atoms with Crippen molar-refractivity contribution < 1.29 is 9.22 Å². The van der Waals surface area contributed by atoms with Crippen molar-refractivity contribution in [3.8, 4) is 0 Å². The highest BCUT2D eigenvalue weighted by Gasteiger charge is 2.68. The van der Waals surface area contributed by atoms with Crippen molar-refractivity contribution in [2.45, 2.75) is 81.2 Å². The van der Waals surface area contributed by atoms with Crippen LogP contribution in [-0.2, 0) is 9.22 Å². The molecule has 0 aromatic heterocycles. The molecule has 0 N–H and O–H groups in total. The molecule has 0 unspecified atom stereocenters. The summed E-state index contributed by atoms with van der Waals surface area (Å²) in [5.41, 5.74) is 0.112. The summed E-state index contributed by atoms with van der Waals surface area (Å²) in [4.78, 5) is 12.3. The number of hydrogen-bond acceptors (Lipinski definition) is 4. The van der Waals surface area contributed by atoms with Crippen LogP contribution in [-0.4, -0.2) is 35.8 Å². The van der Waals surface area contributed by atoms with E-state index >= 15 is 0 Å². The average molecular weight is 411 g/mol. The third-order valence-electron chi connectivity index (χ3n) is 7.88. The van der Waals surface area contributed by atoms with E-state index in [0.717, 1.165) is 6.42 Å². The number of allylic oxidation sites excluding steroid dienone is 1. The van der Waals surface area contributed by atoms with E-state index in [1.807, 2.05) is 6.08 Å². The lowest BCUT2D eigenvalue weighted by Gasteiger charge is -2.47. The molecule has 2 spiro atoms. The first-order valence-electron chi connectivity index (χ1n) is 10.3. The van der Waals surface area contributed by atoms with Crippen LogP contribution in [0.25, 0.3) is 0 Å². The van der Waals surface area contributed by atoms with E-state index in [2.05, 4.69) is 63.5 Å². The first-order chi connectivity index (χ1) is 12.1. The molecule has 2 nitrogen and oxygen atoms in total. The molecule has 0 bridgehead atoms. The van der Waals surface area contributed by atoms with E-state index in [1.54, 1.807) is 0 Å². The van der Waals surface area contributed by atoms with E-state index in [9.17, 15) is 4.79 Å². The Morgan fingerprint density at radius 2 is 1.88 bits per heavy atom. The van der Waals surface area contributed by atoms with Gasteiger partial charge in [0, 0.05) is 11.8 Å². The molecular formula is C21H34O2S2Si. The predicted octanol–water partition coefficient (Wildman–Crippen LogP) is 5.89. The second-order valence-electron chi connectivity index (χ2n) is 10.3. The minimum Gasteiger partial charge on any atom is -0.413 e. The number of thioether (sulfide) groups is 2. The van der Waals surface area contributed by atoms with Crippen LogP contribution in [0.4, 0.5) is 0 Å². The van der Waals surface area contributed by atoms with Crippen LogP contribution < -0.4 is 0 Å². The Morgan fingerprint density at radius 3 is 2.54 bits per heavy atom. The lowest BCUT2D eigenvalue weighted by atomic mass is 9.67. The van der Waals surface area contributed by atoms with Gasteiger partial charge in [0.2, 0.25) is 0 Å². The van der Waals surface area contributed by atoms with Gasteiger partial charge in [-0.3, -0.25) is 4.79 Å². The Bertz CT molecular complexity index is 618. The molecular weight excluding hydrogens is 376 g/mol. The first-order valence-corrected chi connectivity index (χ1v) is 15.2. The zero-order chi connectivity index (χ0) is 18.8. The molecule has 0 radical (unpaired) electrons. The highest BCUT2D eigenvalue weighted by molar-refractivity contribution is 8.18. The lowest BCUT2D eigenvalue weighted by molar-refractivity contribution is -0.117. The zero-order valence-electron chi connectivity index (χ0n) is 17.0. The van der Waals surface area contributed by atoms with Gasteiger partial charge in [-0.15, -0.1) is 23.5 Å². The van der Waals surface area contributed by atoms with Gasteiger partial charge in [0.25, 0.3) is 0 Å². The maximum absolute atomic E-state index is 12.3. The van der Waals surface area contributed by atoms with Gasteiger partial charge in [0.15, 0.2) is 14.1 Å². The summed E-state index contributed by atoms with van der Waals surface area (Å²) < 4.78 is 7.40. The Balaban J connectivity index is 1.71. The average Bonchev–Trinajstić information content (AvgIpc) is 3.01. The van der Waals surface area contributed by atoms with Crippen molar-refractivity contribution in [2.24, 2.45) is 17.3 Å². The van der Waals surface area contributed by atoms with E-state index < -0.39 is 8.32 Å². The van der Waals surface area contributed by atoms with Gasteiger partial charge in [0.05, 0.1) is 10.2 Å². The van der Waals surface area contributed by atoms with Crippen molar-refractivity contribution in [1.29, 1.82) is 0 Å². The standard InChI is InChI=1S/C21H34O2S2Si/c1-19(2,3)26(4,5)23-18-8-7-17-20(18)10-9-16(22)13-15(20)14-21(17)24-11-6-12-25-21/h9-10,15,17-18H,6-8,11-14H2,1-5H3/t15-,17-,18+,20+/m0/s1. The van der Waals surface area contributed by atoms with E-state index in [-0.39, 0.29) is 10.5 Å². The molecule has 4 aliphatic rings. The summed E-state index contributed by atoms with van der Waals surface area (Å²) in [6.07, 6.45) is 10.3. The topological polar surface area (TPSA) is 26.3 Å². The van der Waals surface area contributed by atoms with Gasteiger partial charge >= 0.3 is 0 Å². The highest BCUT2D eigenvalue weighted by atomic mass is 32.2. The van der Waals surface area contributed by atoms with Gasteiger partial charge in [-0.25, -0.2) is 0 Å². The van der Waals surface area contributed by atoms with Gasteiger partial charge < -0.3 is 4.43 Å². The fourth-order valence-electron chi connectivity index (χ4n) is 5.61. The SMILES string of the molecule is CC(C)(C)[Si](C)(C)O[C@@H]1CC[C@@H]2C3(C[C@@H]4CC(=O)C=C[C@@]421)SCCCS3. The molecule has 0 aromatic rings. The normalized spacial score (nSPS) is 39.3. The van der Waals surface area contributed by atoms with E-state index in [0.29, 0.717) is 27.8 Å². The molecule has 4 rings (SSSR count). The summed E-state index contributed by atoms with van der Waals surface area (Å²) in [6.45, 7) is 11.8. The minimum absolute atomic E-state index is 0.112. The molecule has 4 atom stereocenters. The second-order valence-corrected chi connectivity index (χ2v) is 18.1. The predicted molar refractivity (Wildman–Crippen MR) is 116 cm³/mol. The van der Waals surface area contributed by atoms with Crippen molar-refractivity contribution in [3.05, 3.63) is 12.2 Å². The Morgan fingerprint density at radius 1 is 1.19 bits per heavy atom. The van der Waals surface area contributed by atoms with Gasteiger partial charge in [-0.05, 0) is 73.2 Å². The summed E-state index contributed by atoms with van der Waals surface area (Å²) >= 11 is 4.42. The smallest absolute Gasteiger partial charge is 0.192 e. The molecule has 2 saturated carbocycles. The quantitative estimate of drug-likeness (QED) is 0.530. The van der Waals surface area contributed by atoms with Crippen LogP contribution >= 0.6 is 23.5 Å². The number of ketones is 1. The summed E-state index contributed by atoms with van der Waals surface area (Å²) in [7, 11) is -1.82. The van der Waals surface area contributed by atoms with Crippen molar-refractivity contribution in [3.63, 3.8) is 0 Å². The van der Waals surface area contributed by atoms with Crippen LogP contribution in [0.15, 0.2) is 12.2 Å². The lowest BCUT2D eigenvalue weighted by Crippen LogP contribution is -2.50. The molecule has 3 fully saturated rings. The first kappa shape index (κ1) is 19.6. The third kappa shape index (κ3) is 2.82. The van der Waals surface area contributed by atoms with Gasteiger partial charge in [-0.1, -0.05) is 26.8 Å². The molecule has 5 heteroatoms. The molecule has 1 saturated heterocycles. The van der Waals surface area contributed by atoms with Crippen LogP contribution in [0, 0.1) is 17.3 Å². The Labute approximate surface area is 168 Å². The summed E-state index contributed by atoms with van der Waals surface area (Å²) in [6, 6.07) is 0. The minimum atomic E-state index is -1.82. The molecule has 1 heterocycles. The molecule has 1 aliphatic heterocycles. The van der Waals surface area contributed by atoms with Gasteiger partial charge in [-0.2, -0.15) is 0 Å². The molecule has 0 aromatic carbocycles. The number of carbonyl (C=O) groups is 1.